The molecule has 0 radical (unpaired) electrons. The van der Waals surface area contributed by atoms with E-state index in [1.165, 1.54) is 16.5 Å². The molecule has 5 heteroatoms. The van der Waals surface area contributed by atoms with Crippen molar-refractivity contribution in [3.05, 3.63) is 40.9 Å². The van der Waals surface area contributed by atoms with Crippen molar-refractivity contribution in [1.82, 2.24) is 14.1 Å². The average molecular weight is 319 g/mol. The Morgan fingerprint density at radius 1 is 1.26 bits per heavy atom. The highest BCUT2D eigenvalue weighted by molar-refractivity contribution is 9.10. The SMILES string of the molecule is Cn1c(CN)nc(Br)c1-c1cn(C)c2ccccc12. The van der Waals surface area contributed by atoms with Gasteiger partial charge in [-0.25, -0.2) is 4.98 Å². The van der Waals surface area contributed by atoms with Crippen LogP contribution in [0.5, 0.6) is 0 Å². The lowest BCUT2D eigenvalue weighted by atomic mass is 10.1. The highest BCUT2D eigenvalue weighted by atomic mass is 79.9. The van der Waals surface area contributed by atoms with E-state index in [1.54, 1.807) is 0 Å². The largest absolute Gasteiger partial charge is 0.350 e. The highest BCUT2D eigenvalue weighted by Crippen LogP contribution is 2.34. The number of benzene rings is 1. The van der Waals surface area contributed by atoms with Crippen molar-refractivity contribution in [3.8, 4) is 11.3 Å². The summed E-state index contributed by atoms with van der Waals surface area (Å²) in [6, 6.07) is 8.36. The van der Waals surface area contributed by atoms with Gasteiger partial charge in [-0.05, 0) is 22.0 Å². The van der Waals surface area contributed by atoms with Crippen molar-refractivity contribution in [2.24, 2.45) is 19.8 Å². The minimum absolute atomic E-state index is 0.430. The second kappa shape index (κ2) is 4.51. The molecule has 0 atom stereocenters. The van der Waals surface area contributed by atoms with Crippen molar-refractivity contribution < 1.29 is 0 Å². The van der Waals surface area contributed by atoms with E-state index >= 15 is 0 Å². The molecule has 0 saturated carbocycles. The fourth-order valence-electron chi connectivity index (χ4n) is 2.51. The molecule has 0 saturated heterocycles. The Balaban J connectivity index is 2.34. The normalized spacial score (nSPS) is 11.4. The van der Waals surface area contributed by atoms with Crippen LogP contribution in [0, 0.1) is 0 Å². The minimum Gasteiger partial charge on any atom is -0.350 e. The van der Waals surface area contributed by atoms with Crippen molar-refractivity contribution >= 4 is 26.8 Å². The lowest BCUT2D eigenvalue weighted by Gasteiger charge is -2.04. The third-order valence-electron chi connectivity index (χ3n) is 3.48. The first kappa shape index (κ1) is 12.4. The molecule has 2 heterocycles. The van der Waals surface area contributed by atoms with Gasteiger partial charge in [0.1, 0.15) is 10.4 Å². The number of hydrogen-bond acceptors (Lipinski definition) is 2. The second-order valence-corrected chi connectivity index (χ2v) is 5.35. The number of halogens is 1. The quantitative estimate of drug-likeness (QED) is 0.789. The summed E-state index contributed by atoms with van der Waals surface area (Å²) in [5.74, 6) is 0.870. The Bertz CT molecular complexity index is 754. The molecule has 19 heavy (non-hydrogen) atoms. The molecular formula is C14H15BrN4. The molecule has 0 spiro atoms. The minimum atomic E-state index is 0.430. The maximum atomic E-state index is 5.72. The smallest absolute Gasteiger partial charge is 0.132 e. The molecule has 0 aliphatic rings. The van der Waals surface area contributed by atoms with Crippen LogP contribution in [0.2, 0.25) is 0 Å². The Morgan fingerprint density at radius 3 is 2.68 bits per heavy atom. The molecule has 0 bridgehead atoms. The van der Waals surface area contributed by atoms with Crippen LogP contribution in [0.4, 0.5) is 0 Å². The van der Waals surface area contributed by atoms with Gasteiger partial charge in [0.05, 0.1) is 12.2 Å². The number of nitrogens with two attached hydrogens (primary N) is 1. The number of nitrogens with zero attached hydrogens (tertiary/aromatic N) is 3. The van der Waals surface area contributed by atoms with Gasteiger partial charge in [0.2, 0.25) is 0 Å². The summed E-state index contributed by atoms with van der Waals surface area (Å²) in [6.45, 7) is 0.430. The summed E-state index contributed by atoms with van der Waals surface area (Å²) < 4.78 is 5.02. The summed E-state index contributed by atoms with van der Waals surface area (Å²) >= 11 is 3.54. The van der Waals surface area contributed by atoms with E-state index in [0.717, 1.165) is 16.1 Å². The van der Waals surface area contributed by atoms with Crippen molar-refractivity contribution in [2.75, 3.05) is 0 Å². The van der Waals surface area contributed by atoms with Crippen LogP contribution in [0.1, 0.15) is 5.82 Å². The maximum Gasteiger partial charge on any atom is 0.132 e. The van der Waals surface area contributed by atoms with Gasteiger partial charge >= 0.3 is 0 Å². The van der Waals surface area contributed by atoms with E-state index in [4.69, 9.17) is 5.73 Å². The van der Waals surface area contributed by atoms with Gasteiger partial charge < -0.3 is 14.9 Å². The topological polar surface area (TPSA) is 48.8 Å². The fourth-order valence-corrected chi connectivity index (χ4v) is 3.20. The Kier molecular flexibility index (Phi) is 2.95. The molecule has 1 aromatic carbocycles. The van der Waals surface area contributed by atoms with E-state index in [-0.39, 0.29) is 0 Å². The van der Waals surface area contributed by atoms with E-state index in [9.17, 15) is 0 Å². The predicted molar refractivity (Wildman–Crippen MR) is 80.7 cm³/mol. The highest BCUT2D eigenvalue weighted by Gasteiger charge is 2.17. The van der Waals surface area contributed by atoms with Gasteiger partial charge in [0.25, 0.3) is 0 Å². The van der Waals surface area contributed by atoms with Crippen LogP contribution in [-0.2, 0) is 20.6 Å². The summed E-state index contributed by atoms with van der Waals surface area (Å²) in [5, 5.41) is 1.22. The molecule has 0 amide bonds. The molecule has 0 aliphatic heterocycles. The molecule has 0 fully saturated rings. The Labute approximate surface area is 120 Å². The molecule has 2 N–H and O–H groups in total. The summed E-state index contributed by atoms with van der Waals surface area (Å²) in [7, 11) is 4.05. The molecule has 3 rings (SSSR count). The van der Waals surface area contributed by atoms with Gasteiger partial charge in [-0.2, -0.15) is 0 Å². The summed E-state index contributed by atoms with van der Waals surface area (Å²) in [4.78, 5) is 4.47. The van der Waals surface area contributed by atoms with Gasteiger partial charge in [-0.3, -0.25) is 0 Å². The van der Waals surface area contributed by atoms with E-state index in [2.05, 4.69) is 63.0 Å². The van der Waals surface area contributed by atoms with Gasteiger partial charge in [-0.15, -0.1) is 0 Å². The van der Waals surface area contributed by atoms with Crippen molar-refractivity contribution in [3.63, 3.8) is 0 Å². The zero-order chi connectivity index (χ0) is 13.6. The lowest BCUT2D eigenvalue weighted by Crippen LogP contribution is -2.05. The fraction of sp³-hybridized carbons (Fsp3) is 0.214. The third kappa shape index (κ3) is 1.81. The number of aromatic nitrogens is 3. The summed E-state index contributed by atoms with van der Waals surface area (Å²) in [6.07, 6.45) is 2.13. The summed E-state index contributed by atoms with van der Waals surface area (Å²) in [5.41, 5.74) is 9.16. The maximum absolute atomic E-state index is 5.72. The number of aryl methyl sites for hydroxylation is 1. The van der Waals surface area contributed by atoms with Crippen LogP contribution in [-0.4, -0.2) is 14.1 Å². The zero-order valence-electron chi connectivity index (χ0n) is 10.9. The van der Waals surface area contributed by atoms with Crippen LogP contribution in [0.15, 0.2) is 35.1 Å². The third-order valence-corrected chi connectivity index (χ3v) is 4.03. The number of imidazole rings is 1. The van der Waals surface area contributed by atoms with E-state index < -0.39 is 0 Å². The second-order valence-electron chi connectivity index (χ2n) is 4.60. The average Bonchev–Trinajstić information content (AvgIpc) is 2.88. The van der Waals surface area contributed by atoms with Gasteiger partial charge in [-0.1, -0.05) is 18.2 Å². The van der Waals surface area contributed by atoms with E-state index in [1.807, 2.05) is 11.6 Å². The number of hydrogen-bond donors (Lipinski definition) is 1. The van der Waals surface area contributed by atoms with Gasteiger partial charge in [0, 0.05) is 36.8 Å². The van der Waals surface area contributed by atoms with Crippen molar-refractivity contribution in [2.45, 2.75) is 6.54 Å². The standard InChI is InChI=1S/C14H15BrN4/c1-18-8-10(9-5-3-4-6-11(9)18)13-14(15)17-12(7-16)19(13)2/h3-6,8H,7,16H2,1-2H3. The zero-order valence-corrected chi connectivity index (χ0v) is 12.5. The first-order valence-electron chi connectivity index (χ1n) is 6.09. The number of fused-ring (bicyclic) bond motifs is 1. The van der Waals surface area contributed by atoms with Crippen LogP contribution >= 0.6 is 15.9 Å². The molecule has 4 nitrogen and oxygen atoms in total. The number of para-hydroxylation sites is 1. The Morgan fingerprint density at radius 2 is 2.00 bits per heavy atom. The first-order chi connectivity index (χ1) is 9.13. The first-order valence-corrected chi connectivity index (χ1v) is 6.88. The van der Waals surface area contributed by atoms with Gasteiger partial charge in [0.15, 0.2) is 0 Å². The molecule has 2 aromatic heterocycles. The predicted octanol–water partition coefficient (Wildman–Crippen LogP) is 2.80. The van der Waals surface area contributed by atoms with Crippen molar-refractivity contribution in [1.29, 1.82) is 0 Å². The molecule has 3 aromatic rings. The number of rotatable bonds is 2. The van der Waals surface area contributed by atoms with Crippen LogP contribution in [0.3, 0.4) is 0 Å². The van der Waals surface area contributed by atoms with Crippen LogP contribution < -0.4 is 5.73 Å². The lowest BCUT2D eigenvalue weighted by molar-refractivity contribution is 0.798. The molecule has 0 unspecified atom stereocenters. The molecule has 0 aliphatic carbocycles. The van der Waals surface area contributed by atoms with E-state index in [0.29, 0.717) is 6.54 Å². The Hall–Kier alpha value is -1.59. The molecule has 98 valence electrons. The molecular weight excluding hydrogens is 304 g/mol. The van der Waals surface area contributed by atoms with Crippen LogP contribution in [0.25, 0.3) is 22.2 Å². The monoisotopic (exact) mass is 318 g/mol.